The van der Waals surface area contributed by atoms with Crippen molar-refractivity contribution in [2.75, 3.05) is 27.2 Å². The standard InChI is InChI=1S/C16H32N2/c1-13-7-9-16(10-8-13,11-17-3)12-18(4)14(2)15-5-6-15/h13-15,17H,5-12H2,1-4H3. The molecule has 2 nitrogen and oxygen atoms in total. The molecule has 2 rings (SSSR count). The van der Waals surface area contributed by atoms with Gasteiger partial charge in [0.2, 0.25) is 0 Å². The first-order chi connectivity index (χ1) is 8.56. The van der Waals surface area contributed by atoms with Crippen LogP contribution in [0.25, 0.3) is 0 Å². The summed E-state index contributed by atoms with van der Waals surface area (Å²) in [6, 6.07) is 0.790. The lowest BCUT2D eigenvalue weighted by molar-refractivity contribution is 0.0788. The first-order valence-corrected chi connectivity index (χ1v) is 7.91. The lowest BCUT2D eigenvalue weighted by atomic mass is 9.70. The Morgan fingerprint density at radius 2 is 1.83 bits per heavy atom. The molecule has 0 aromatic heterocycles. The van der Waals surface area contributed by atoms with Crippen LogP contribution in [0.4, 0.5) is 0 Å². The number of hydrogen-bond acceptors (Lipinski definition) is 2. The molecule has 0 spiro atoms. The third-order valence-corrected chi connectivity index (χ3v) is 5.47. The summed E-state index contributed by atoms with van der Waals surface area (Å²) in [6.45, 7) is 7.33. The van der Waals surface area contributed by atoms with Crippen LogP contribution >= 0.6 is 0 Å². The van der Waals surface area contributed by atoms with Crippen molar-refractivity contribution in [1.82, 2.24) is 10.2 Å². The molecule has 2 heteroatoms. The molecule has 1 N–H and O–H groups in total. The van der Waals surface area contributed by atoms with E-state index in [2.05, 4.69) is 38.2 Å². The Morgan fingerprint density at radius 3 is 2.33 bits per heavy atom. The van der Waals surface area contributed by atoms with Crippen molar-refractivity contribution in [3.8, 4) is 0 Å². The molecule has 0 radical (unpaired) electrons. The van der Waals surface area contributed by atoms with Gasteiger partial charge in [0.15, 0.2) is 0 Å². The van der Waals surface area contributed by atoms with E-state index in [9.17, 15) is 0 Å². The van der Waals surface area contributed by atoms with Gasteiger partial charge in [-0.15, -0.1) is 0 Å². The highest BCUT2D eigenvalue weighted by atomic mass is 15.1. The maximum absolute atomic E-state index is 3.46. The summed E-state index contributed by atoms with van der Waals surface area (Å²) in [5.41, 5.74) is 0.541. The van der Waals surface area contributed by atoms with Gasteiger partial charge < -0.3 is 10.2 Å². The van der Waals surface area contributed by atoms with Gasteiger partial charge in [0.25, 0.3) is 0 Å². The molecular formula is C16H32N2. The second kappa shape index (κ2) is 5.92. The molecule has 0 aromatic rings. The maximum Gasteiger partial charge on any atom is 0.00923 e. The summed E-state index contributed by atoms with van der Waals surface area (Å²) in [6.07, 6.45) is 8.59. The van der Waals surface area contributed by atoms with E-state index < -0.39 is 0 Å². The van der Waals surface area contributed by atoms with Crippen LogP contribution in [0.5, 0.6) is 0 Å². The SMILES string of the molecule is CNCC1(CN(C)C(C)C2CC2)CCC(C)CC1. The second-order valence-corrected chi connectivity index (χ2v) is 7.21. The molecular weight excluding hydrogens is 220 g/mol. The molecule has 2 aliphatic carbocycles. The Kier molecular flexibility index (Phi) is 4.71. The number of rotatable bonds is 6. The van der Waals surface area contributed by atoms with E-state index in [0.717, 1.165) is 17.9 Å². The average Bonchev–Trinajstić information content (AvgIpc) is 3.16. The van der Waals surface area contributed by atoms with Crippen LogP contribution in [0.2, 0.25) is 0 Å². The Labute approximate surface area is 114 Å². The lowest BCUT2D eigenvalue weighted by Gasteiger charge is -2.43. The molecule has 106 valence electrons. The summed E-state index contributed by atoms with van der Waals surface area (Å²) in [4.78, 5) is 2.64. The van der Waals surface area contributed by atoms with E-state index in [0.29, 0.717) is 5.41 Å². The lowest BCUT2D eigenvalue weighted by Crippen LogP contribution is -2.47. The first kappa shape index (κ1) is 14.3. The summed E-state index contributed by atoms with van der Waals surface area (Å²) in [5, 5.41) is 3.46. The highest BCUT2D eigenvalue weighted by molar-refractivity contribution is 4.92. The van der Waals surface area contributed by atoms with Crippen LogP contribution in [0.15, 0.2) is 0 Å². The maximum atomic E-state index is 3.46. The fraction of sp³-hybridized carbons (Fsp3) is 1.00. The van der Waals surface area contributed by atoms with Crippen molar-refractivity contribution < 1.29 is 0 Å². The molecule has 0 amide bonds. The van der Waals surface area contributed by atoms with E-state index >= 15 is 0 Å². The van der Waals surface area contributed by atoms with Crippen LogP contribution in [0.3, 0.4) is 0 Å². The molecule has 0 saturated heterocycles. The second-order valence-electron chi connectivity index (χ2n) is 7.21. The number of nitrogens with one attached hydrogen (secondary N) is 1. The van der Waals surface area contributed by atoms with E-state index in [4.69, 9.17) is 0 Å². The summed E-state index contributed by atoms with van der Waals surface area (Å²) in [7, 11) is 4.46. The summed E-state index contributed by atoms with van der Waals surface area (Å²) >= 11 is 0. The largest absolute Gasteiger partial charge is 0.319 e. The zero-order valence-corrected chi connectivity index (χ0v) is 12.8. The van der Waals surface area contributed by atoms with Crippen LogP contribution in [-0.2, 0) is 0 Å². The van der Waals surface area contributed by atoms with Gasteiger partial charge >= 0.3 is 0 Å². The van der Waals surface area contributed by atoms with Crippen LogP contribution < -0.4 is 5.32 Å². The van der Waals surface area contributed by atoms with Gasteiger partial charge in [0.05, 0.1) is 0 Å². The fourth-order valence-electron chi connectivity index (χ4n) is 3.75. The van der Waals surface area contributed by atoms with E-state index in [1.54, 1.807) is 0 Å². The fourth-order valence-corrected chi connectivity index (χ4v) is 3.75. The Morgan fingerprint density at radius 1 is 1.22 bits per heavy atom. The molecule has 2 saturated carbocycles. The Balaban J connectivity index is 1.92. The average molecular weight is 252 g/mol. The van der Waals surface area contributed by atoms with Gasteiger partial charge in [0.1, 0.15) is 0 Å². The normalized spacial score (nSPS) is 34.8. The van der Waals surface area contributed by atoms with E-state index in [1.165, 1.54) is 51.6 Å². The number of nitrogens with zero attached hydrogens (tertiary/aromatic N) is 1. The quantitative estimate of drug-likeness (QED) is 0.781. The van der Waals surface area contributed by atoms with Gasteiger partial charge in [-0.2, -0.15) is 0 Å². The van der Waals surface area contributed by atoms with Crippen LogP contribution in [0, 0.1) is 17.3 Å². The van der Waals surface area contributed by atoms with E-state index in [-0.39, 0.29) is 0 Å². The first-order valence-electron chi connectivity index (χ1n) is 7.91. The van der Waals surface area contributed by atoms with E-state index in [1.807, 2.05) is 0 Å². The molecule has 18 heavy (non-hydrogen) atoms. The zero-order chi connectivity index (χ0) is 13.2. The van der Waals surface area contributed by atoms with Gasteiger partial charge in [-0.3, -0.25) is 0 Å². The minimum atomic E-state index is 0.541. The minimum absolute atomic E-state index is 0.541. The predicted molar refractivity (Wildman–Crippen MR) is 78.8 cm³/mol. The molecule has 1 atom stereocenters. The van der Waals surface area contributed by atoms with Crippen molar-refractivity contribution >= 4 is 0 Å². The summed E-state index contributed by atoms with van der Waals surface area (Å²) < 4.78 is 0. The third-order valence-electron chi connectivity index (χ3n) is 5.47. The van der Waals surface area contributed by atoms with Crippen LogP contribution in [-0.4, -0.2) is 38.1 Å². The third kappa shape index (κ3) is 3.48. The Bertz CT molecular complexity index is 252. The molecule has 0 aromatic carbocycles. The zero-order valence-electron chi connectivity index (χ0n) is 12.8. The number of hydrogen-bond donors (Lipinski definition) is 1. The van der Waals surface area contributed by atoms with Crippen molar-refractivity contribution in [2.24, 2.45) is 17.3 Å². The highest BCUT2D eigenvalue weighted by Gasteiger charge is 2.38. The predicted octanol–water partition coefficient (Wildman–Crippen LogP) is 3.13. The van der Waals surface area contributed by atoms with Gasteiger partial charge in [-0.05, 0) is 64.0 Å². The van der Waals surface area contributed by atoms with Crippen molar-refractivity contribution in [2.45, 2.75) is 58.4 Å². The van der Waals surface area contributed by atoms with Crippen LogP contribution in [0.1, 0.15) is 52.4 Å². The minimum Gasteiger partial charge on any atom is -0.319 e. The molecule has 0 bridgehead atoms. The Hall–Kier alpha value is -0.0800. The van der Waals surface area contributed by atoms with Crippen molar-refractivity contribution in [3.63, 3.8) is 0 Å². The smallest absolute Gasteiger partial charge is 0.00923 e. The topological polar surface area (TPSA) is 15.3 Å². The monoisotopic (exact) mass is 252 g/mol. The van der Waals surface area contributed by atoms with Gasteiger partial charge in [-0.1, -0.05) is 19.8 Å². The highest BCUT2D eigenvalue weighted by Crippen LogP contribution is 2.41. The molecule has 2 fully saturated rings. The molecule has 0 heterocycles. The van der Waals surface area contributed by atoms with Crippen molar-refractivity contribution in [1.29, 1.82) is 0 Å². The van der Waals surface area contributed by atoms with Gasteiger partial charge in [0, 0.05) is 19.1 Å². The molecule has 0 aliphatic heterocycles. The van der Waals surface area contributed by atoms with Gasteiger partial charge in [-0.25, -0.2) is 0 Å². The van der Waals surface area contributed by atoms with Crippen molar-refractivity contribution in [3.05, 3.63) is 0 Å². The summed E-state index contributed by atoms with van der Waals surface area (Å²) in [5.74, 6) is 1.94. The molecule has 1 unspecified atom stereocenters. The molecule has 2 aliphatic rings.